The highest BCUT2D eigenvalue weighted by molar-refractivity contribution is 5.83. The highest BCUT2D eigenvalue weighted by Gasteiger charge is 2.44. The summed E-state index contributed by atoms with van der Waals surface area (Å²) in [5.41, 5.74) is -0.0350. The number of carbonyl (C=O) groups is 1. The molecule has 2 rings (SSSR count). The van der Waals surface area contributed by atoms with Crippen LogP contribution in [0.1, 0.15) is 59.3 Å². The first kappa shape index (κ1) is 14.8. The van der Waals surface area contributed by atoms with E-state index in [-0.39, 0.29) is 5.41 Å². The van der Waals surface area contributed by atoms with Gasteiger partial charge < -0.3 is 10.2 Å². The van der Waals surface area contributed by atoms with Crippen molar-refractivity contribution >= 4 is 5.91 Å². The van der Waals surface area contributed by atoms with Crippen LogP contribution in [0.4, 0.5) is 0 Å². The van der Waals surface area contributed by atoms with Crippen LogP contribution in [-0.4, -0.2) is 36.5 Å². The molecule has 2 aliphatic rings. The fourth-order valence-corrected chi connectivity index (χ4v) is 4.12. The molecule has 2 fully saturated rings. The Morgan fingerprint density at radius 3 is 2.53 bits per heavy atom. The van der Waals surface area contributed by atoms with Crippen molar-refractivity contribution in [2.45, 2.75) is 65.3 Å². The zero-order valence-corrected chi connectivity index (χ0v) is 12.9. The Morgan fingerprint density at radius 1 is 1.37 bits per heavy atom. The highest BCUT2D eigenvalue weighted by atomic mass is 16.2. The molecule has 0 bridgehead atoms. The monoisotopic (exact) mass is 266 g/mol. The molecule has 0 radical (unpaired) electrons. The number of hydrogen-bond acceptors (Lipinski definition) is 2. The molecule has 1 saturated heterocycles. The summed E-state index contributed by atoms with van der Waals surface area (Å²) in [4.78, 5) is 15.3. The molecule has 1 amide bonds. The Bertz CT molecular complexity index is 302. The molecule has 1 unspecified atom stereocenters. The molecule has 0 aromatic heterocycles. The minimum atomic E-state index is -0.0350. The van der Waals surface area contributed by atoms with Gasteiger partial charge in [0.15, 0.2) is 0 Å². The van der Waals surface area contributed by atoms with Crippen molar-refractivity contribution in [1.82, 2.24) is 10.2 Å². The molecule has 110 valence electrons. The van der Waals surface area contributed by atoms with E-state index in [0.717, 1.165) is 45.3 Å². The average molecular weight is 266 g/mol. The lowest BCUT2D eigenvalue weighted by Crippen LogP contribution is -2.49. The van der Waals surface area contributed by atoms with Crippen LogP contribution in [0.2, 0.25) is 0 Å². The molecule has 1 atom stereocenters. The molecule has 1 saturated carbocycles. The van der Waals surface area contributed by atoms with Gasteiger partial charge in [0.2, 0.25) is 5.91 Å². The number of hydrogen-bond donors (Lipinski definition) is 1. The number of likely N-dealkylation sites (N-methyl/N-ethyl adjacent to an activating group) is 1. The number of rotatable bonds is 5. The van der Waals surface area contributed by atoms with Gasteiger partial charge in [-0.25, -0.2) is 0 Å². The Hall–Kier alpha value is -0.570. The van der Waals surface area contributed by atoms with Gasteiger partial charge in [-0.05, 0) is 45.1 Å². The van der Waals surface area contributed by atoms with Crippen LogP contribution < -0.4 is 5.32 Å². The molecule has 1 heterocycles. The number of amides is 1. The number of carbonyl (C=O) groups excluding carboxylic acids is 1. The number of nitrogens with one attached hydrogen (secondary N) is 1. The molecule has 0 aromatic rings. The van der Waals surface area contributed by atoms with E-state index in [1.807, 2.05) is 0 Å². The third kappa shape index (κ3) is 3.13. The van der Waals surface area contributed by atoms with Crippen molar-refractivity contribution in [2.24, 2.45) is 11.3 Å². The van der Waals surface area contributed by atoms with Gasteiger partial charge in [-0.3, -0.25) is 4.79 Å². The van der Waals surface area contributed by atoms with Crippen molar-refractivity contribution in [3.05, 3.63) is 0 Å². The molecule has 1 N–H and O–H groups in total. The standard InChI is InChI=1S/C16H30N2O/c1-4-18(14-7-10-17-12-14)15(19)16(11-13(2)3)8-5-6-9-16/h13-14,17H,4-12H2,1-3H3. The summed E-state index contributed by atoms with van der Waals surface area (Å²) in [7, 11) is 0. The fourth-order valence-electron chi connectivity index (χ4n) is 4.12. The predicted octanol–water partition coefficient (Wildman–Crippen LogP) is 2.80. The maximum Gasteiger partial charge on any atom is 0.229 e. The van der Waals surface area contributed by atoms with Crippen LogP contribution >= 0.6 is 0 Å². The van der Waals surface area contributed by atoms with Gasteiger partial charge in [0.25, 0.3) is 0 Å². The Balaban J connectivity index is 2.12. The van der Waals surface area contributed by atoms with E-state index in [1.54, 1.807) is 0 Å². The maximum atomic E-state index is 13.1. The third-order valence-electron chi connectivity index (χ3n) is 4.89. The van der Waals surface area contributed by atoms with Crippen molar-refractivity contribution < 1.29 is 4.79 Å². The molecule has 3 heteroatoms. The summed E-state index contributed by atoms with van der Waals surface area (Å²) in [6.07, 6.45) is 6.89. The first-order valence-electron chi connectivity index (χ1n) is 8.11. The lowest BCUT2D eigenvalue weighted by atomic mass is 9.77. The van der Waals surface area contributed by atoms with E-state index in [0.29, 0.717) is 17.9 Å². The summed E-state index contributed by atoms with van der Waals surface area (Å²) >= 11 is 0. The van der Waals surface area contributed by atoms with E-state index in [9.17, 15) is 4.79 Å². The van der Waals surface area contributed by atoms with Crippen molar-refractivity contribution in [2.75, 3.05) is 19.6 Å². The minimum Gasteiger partial charge on any atom is -0.338 e. The molecule has 3 nitrogen and oxygen atoms in total. The quantitative estimate of drug-likeness (QED) is 0.830. The first-order valence-corrected chi connectivity index (χ1v) is 8.11. The highest BCUT2D eigenvalue weighted by Crippen LogP contribution is 2.45. The lowest BCUT2D eigenvalue weighted by Gasteiger charge is -2.38. The molecule has 0 aromatic carbocycles. The predicted molar refractivity (Wildman–Crippen MR) is 79.0 cm³/mol. The summed E-state index contributed by atoms with van der Waals surface area (Å²) in [6, 6.07) is 0.433. The lowest BCUT2D eigenvalue weighted by molar-refractivity contribution is -0.145. The second kappa shape index (κ2) is 6.25. The molecular weight excluding hydrogens is 236 g/mol. The summed E-state index contributed by atoms with van der Waals surface area (Å²) in [6.45, 7) is 9.55. The average Bonchev–Trinajstić information content (AvgIpc) is 3.01. The third-order valence-corrected chi connectivity index (χ3v) is 4.89. The van der Waals surface area contributed by atoms with Gasteiger partial charge in [0, 0.05) is 24.5 Å². The van der Waals surface area contributed by atoms with Crippen molar-refractivity contribution in [3.63, 3.8) is 0 Å². The van der Waals surface area contributed by atoms with Crippen LogP contribution in [0.5, 0.6) is 0 Å². The van der Waals surface area contributed by atoms with Crippen molar-refractivity contribution in [3.8, 4) is 0 Å². The van der Waals surface area contributed by atoms with Crippen LogP contribution in [0, 0.1) is 11.3 Å². The molecule has 0 spiro atoms. The van der Waals surface area contributed by atoms with Gasteiger partial charge in [-0.2, -0.15) is 0 Å². The van der Waals surface area contributed by atoms with E-state index < -0.39 is 0 Å². The maximum absolute atomic E-state index is 13.1. The SMILES string of the molecule is CCN(C(=O)C1(CC(C)C)CCCC1)C1CCNC1. The Kier molecular flexibility index (Phi) is 4.88. The van der Waals surface area contributed by atoms with Gasteiger partial charge in [0.05, 0.1) is 0 Å². The zero-order chi connectivity index (χ0) is 13.9. The molecular formula is C16H30N2O. The largest absolute Gasteiger partial charge is 0.338 e. The van der Waals surface area contributed by atoms with Crippen molar-refractivity contribution in [1.29, 1.82) is 0 Å². The van der Waals surface area contributed by atoms with Gasteiger partial charge >= 0.3 is 0 Å². The van der Waals surface area contributed by atoms with Crippen LogP contribution in [0.3, 0.4) is 0 Å². The van der Waals surface area contributed by atoms with E-state index in [2.05, 4.69) is 31.0 Å². The van der Waals surface area contributed by atoms with E-state index in [4.69, 9.17) is 0 Å². The normalized spacial score (nSPS) is 26.0. The van der Waals surface area contributed by atoms with E-state index in [1.165, 1.54) is 12.8 Å². The van der Waals surface area contributed by atoms with Crippen LogP contribution in [0.25, 0.3) is 0 Å². The van der Waals surface area contributed by atoms with Gasteiger partial charge in [-0.15, -0.1) is 0 Å². The van der Waals surface area contributed by atoms with Crippen LogP contribution in [0.15, 0.2) is 0 Å². The van der Waals surface area contributed by atoms with E-state index >= 15 is 0 Å². The Morgan fingerprint density at radius 2 is 2.05 bits per heavy atom. The second-order valence-corrected chi connectivity index (χ2v) is 6.82. The number of nitrogens with zero attached hydrogens (tertiary/aromatic N) is 1. The Labute approximate surface area is 118 Å². The fraction of sp³-hybridized carbons (Fsp3) is 0.938. The van der Waals surface area contributed by atoms with Crippen LogP contribution in [-0.2, 0) is 4.79 Å². The van der Waals surface area contributed by atoms with Gasteiger partial charge in [-0.1, -0.05) is 26.7 Å². The first-order chi connectivity index (χ1) is 9.09. The van der Waals surface area contributed by atoms with Gasteiger partial charge in [0.1, 0.15) is 0 Å². The molecule has 19 heavy (non-hydrogen) atoms. The summed E-state index contributed by atoms with van der Waals surface area (Å²) in [5, 5.41) is 3.39. The topological polar surface area (TPSA) is 32.3 Å². The zero-order valence-electron chi connectivity index (χ0n) is 12.9. The smallest absolute Gasteiger partial charge is 0.229 e. The molecule has 1 aliphatic heterocycles. The second-order valence-electron chi connectivity index (χ2n) is 6.82. The summed E-state index contributed by atoms with van der Waals surface area (Å²) < 4.78 is 0. The molecule has 1 aliphatic carbocycles. The minimum absolute atomic E-state index is 0.0350. The summed E-state index contributed by atoms with van der Waals surface area (Å²) in [5.74, 6) is 1.07.